The quantitative estimate of drug-likeness (QED) is 0.0417. The van der Waals surface area contributed by atoms with E-state index in [1.807, 2.05) is 0 Å². The van der Waals surface area contributed by atoms with E-state index in [-0.39, 0.29) is 44.7 Å². The number of rotatable bonds is 20. The van der Waals surface area contributed by atoms with Crippen molar-refractivity contribution in [3.63, 3.8) is 0 Å². The molecule has 7 N–H and O–H groups in total. The lowest BCUT2D eigenvalue weighted by Crippen LogP contribution is -2.52. The number of ether oxygens (including phenoxy) is 1. The van der Waals surface area contributed by atoms with Gasteiger partial charge in [-0.1, -0.05) is 105 Å². The van der Waals surface area contributed by atoms with Crippen molar-refractivity contribution in [3.05, 3.63) is 0 Å². The van der Waals surface area contributed by atoms with Crippen molar-refractivity contribution in [1.29, 1.82) is 0 Å². The molecule has 0 saturated carbocycles. The molecule has 7 amide bonds. The maximum Gasteiger partial charge on any atom is 0.418 e. The zero-order valence-electron chi connectivity index (χ0n) is 43.7. The highest BCUT2D eigenvalue weighted by Gasteiger charge is 2.50. The lowest BCUT2D eigenvalue weighted by atomic mass is 10.0. The third-order valence-corrected chi connectivity index (χ3v) is 13.1. The van der Waals surface area contributed by atoms with E-state index >= 15 is 0 Å². The summed E-state index contributed by atoms with van der Waals surface area (Å²) in [5.41, 5.74) is 4.11. The number of nitrogens with one attached hydrogen (secondary N) is 3. The Morgan fingerprint density at radius 1 is 0.667 bits per heavy atom. The summed E-state index contributed by atoms with van der Waals surface area (Å²) >= 11 is 0. The van der Waals surface area contributed by atoms with Crippen molar-refractivity contribution in [1.82, 2.24) is 47.3 Å². The van der Waals surface area contributed by atoms with Crippen molar-refractivity contribution < 1.29 is 72.9 Å². The van der Waals surface area contributed by atoms with Gasteiger partial charge in [0.15, 0.2) is 0 Å². The number of urea groups is 2. The van der Waals surface area contributed by atoms with Crippen LogP contribution in [0.1, 0.15) is 177 Å². The number of nitrogens with zero attached hydrogens (tertiary/aromatic N) is 5. The average Bonchev–Trinajstić information content (AvgIpc) is 3.68. The Labute approximate surface area is 427 Å². The largest absolute Gasteiger partial charge is 0.724 e. The summed E-state index contributed by atoms with van der Waals surface area (Å²) in [4.78, 5) is 76.4. The molecule has 6 atom stereocenters. The molecule has 6 saturated heterocycles. The summed E-state index contributed by atoms with van der Waals surface area (Å²) in [6.45, 7) is 16.9. The van der Waals surface area contributed by atoms with Gasteiger partial charge in [-0.3, -0.25) is 23.8 Å². The molecule has 6 fully saturated rings. The minimum atomic E-state index is -5.10. The molecule has 6 aliphatic rings. The third-order valence-electron chi connectivity index (χ3n) is 12.4. The van der Waals surface area contributed by atoms with E-state index in [1.54, 1.807) is 20.8 Å². The van der Waals surface area contributed by atoms with Crippen molar-refractivity contribution in [3.8, 4) is 0 Å². The van der Waals surface area contributed by atoms with Crippen LogP contribution in [-0.2, 0) is 53.4 Å². The molecular weight excluding hydrogens is 987 g/mol. The molecule has 0 spiro atoms. The van der Waals surface area contributed by atoms with Crippen LogP contribution < -0.4 is 22.4 Å². The van der Waals surface area contributed by atoms with Gasteiger partial charge in [0, 0.05) is 26.2 Å². The minimum Gasteiger partial charge on any atom is -0.724 e. The monoisotopic (exact) mass is 1070 g/mol. The number of hydroxylamine groups is 6. The predicted octanol–water partition coefficient (Wildman–Crippen LogP) is 5.78. The van der Waals surface area contributed by atoms with Gasteiger partial charge >= 0.3 is 28.6 Å². The van der Waals surface area contributed by atoms with Crippen LogP contribution in [0.3, 0.4) is 0 Å². The second-order valence-corrected chi connectivity index (χ2v) is 21.6. The van der Waals surface area contributed by atoms with Gasteiger partial charge in [0.25, 0.3) is 11.8 Å². The van der Waals surface area contributed by atoms with E-state index in [0.717, 1.165) is 24.3 Å². The fourth-order valence-electron chi connectivity index (χ4n) is 8.78. The van der Waals surface area contributed by atoms with Gasteiger partial charge in [-0.2, -0.15) is 22.8 Å². The summed E-state index contributed by atoms with van der Waals surface area (Å²) in [5.74, 6) is -1.03. The first-order chi connectivity index (χ1) is 33.5. The molecule has 420 valence electrons. The fraction of sp³-hybridized carbons (Fsp3) is 0.889. The SMILES string of the molecule is CC(C)(C)OC(=O)N1CCC[C@@H](ONC(=O)[C@@H]2CC[C@@H]3CN2C(=O)N3OS(=O)(=O)[O-])C1.CCCCCCCC.CCCCCCCC.N.O=C(NO[C@@H]1CCCNC1)[C@@H]1CC[C@@H]2CN1C(=O)N2OS(=O)(=O)O. The summed E-state index contributed by atoms with van der Waals surface area (Å²) in [6.07, 6.45) is 20.3. The molecule has 0 aliphatic carbocycles. The van der Waals surface area contributed by atoms with Crippen LogP contribution in [0.4, 0.5) is 14.4 Å². The molecule has 0 aromatic rings. The van der Waals surface area contributed by atoms with Gasteiger partial charge < -0.3 is 35.5 Å². The van der Waals surface area contributed by atoms with Crippen molar-refractivity contribution >= 4 is 50.8 Å². The Morgan fingerprint density at radius 2 is 1.11 bits per heavy atom. The number of carbonyl (C=O) groups excluding carboxylic acids is 5. The zero-order chi connectivity index (χ0) is 52.8. The Bertz CT molecular complexity index is 1870. The molecule has 25 nitrogen and oxygen atoms in total. The number of fused-ring (bicyclic) bond motifs is 4. The van der Waals surface area contributed by atoms with Crippen LogP contribution >= 0.6 is 0 Å². The highest BCUT2D eigenvalue weighted by molar-refractivity contribution is 7.81. The van der Waals surface area contributed by atoms with Gasteiger partial charge in [0.2, 0.25) is 10.4 Å². The van der Waals surface area contributed by atoms with E-state index in [2.05, 4.69) is 52.5 Å². The van der Waals surface area contributed by atoms with Crippen LogP contribution in [-0.4, -0.2) is 162 Å². The van der Waals surface area contributed by atoms with E-state index < -0.39 is 86.6 Å². The lowest BCUT2D eigenvalue weighted by Gasteiger charge is -2.34. The molecule has 4 bridgehead atoms. The van der Waals surface area contributed by atoms with Crippen LogP contribution in [0.15, 0.2) is 0 Å². The van der Waals surface area contributed by atoms with Crippen molar-refractivity contribution in [2.75, 3.05) is 39.3 Å². The smallest absolute Gasteiger partial charge is 0.418 e. The summed E-state index contributed by atoms with van der Waals surface area (Å²) < 4.78 is 76.8. The molecule has 6 rings (SSSR count). The van der Waals surface area contributed by atoms with Crippen LogP contribution in [0.5, 0.6) is 0 Å². The van der Waals surface area contributed by atoms with Gasteiger partial charge in [-0.15, -0.1) is 4.28 Å². The molecule has 27 heteroatoms. The minimum absolute atomic E-state index is 0. The maximum atomic E-state index is 12.6. The molecule has 6 aliphatic heterocycles. The number of piperidine rings is 4. The zero-order valence-corrected chi connectivity index (χ0v) is 45.3. The Kier molecular flexibility index (Phi) is 28.6. The molecule has 0 radical (unpaired) electrons. The number of hydrogen-bond acceptors (Lipinski definition) is 17. The van der Waals surface area contributed by atoms with Crippen molar-refractivity contribution in [2.24, 2.45) is 0 Å². The van der Waals surface area contributed by atoms with Crippen LogP contribution in [0.2, 0.25) is 0 Å². The lowest BCUT2D eigenvalue weighted by molar-refractivity contribution is -0.146. The first-order valence-electron chi connectivity index (χ1n) is 25.6. The first-order valence-corrected chi connectivity index (χ1v) is 28.3. The standard InChI is InChI=1S/C17H28N4O9S.C12H20N4O7S.2C8H18.H3N/c1-17(2,3)28-16(24)19-8-4-5-12(10-19)29-18-14(22)13-7-6-11-9-20(13)15(23)21(11)30-31(25,26)27;17-11(14-22-9-2-1-5-13-6-9)10-4-3-8-7-15(10)12(18)16(8)23-24(19,20)21;2*1-3-5-7-8-6-4-2;/h11-13H,4-10H2,1-3H3,(H,18,22)(H,25,26,27);8-10,13H,1-7H2,(H,14,17)(H,19,20,21);2*3-8H2,1-2H3;1H3/p-1/t11-,12-,13+;8-,9-,10+;;;/m11.../s1. The molecule has 6 heterocycles. The number of unbranched alkanes of at least 4 members (excludes halogenated alkanes) is 10. The molecular formula is C45H86N9O16S2-. The second-order valence-electron chi connectivity index (χ2n) is 19.7. The number of hydrogen-bond donors (Lipinski definition) is 5. The summed E-state index contributed by atoms with van der Waals surface area (Å²) in [7, 11) is -9.90. The topological polar surface area (TPSA) is 330 Å². The Balaban J connectivity index is 0.000000381. The third kappa shape index (κ3) is 22.8. The first kappa shape index (κ1) is 64.4. The molecule has 72 heavy (non-hydrogen) atoms. The number of carbonyl (C=O) groups is 5. The fourth-order valence-corrected chi connectivity index (χ4v) is 9.55. The highest BCUT2D eigenvalue weighted by Crippen LogP contribution is 2.32. The van der Waals surface area contributed by atoms with Gasteiger partial charge in [0.05, 0.1) is 24.7 Å². The van der Waals surface area contributed by atoms with Gasteiger partial charge in [0.1, 0.15) is 23.8 Å². The molecule has 0 unspecified atom stereocenters. The number of likely N-dealkylation sites (tertiary alicyclic amines) is 1. The molecule has 0 aromatic carbocycles. The average molecular weight is 1070 g/mol. The second kappa shape index (κ2) is 31.9. The van der Waals surface area contributed by atoms with Gasteiger partial charge in [-0.25, -0.2) is 33.8 Å². The van der Waals surface area contributed by atoms with Crippen molar-refractivity contribution in [2.45, 2.75) is 219 Å². The Morgan fingerprint density at radius 3 is 1.51 bits per heavy atom. The highest BCUT2D eigenvalue weighted by atomic mass is 32.3. The van der Waals surface area contributed by atoms with Crippen LogP contribution in [0.25, 0.3) is 0 Å². The Hall–Kier alpha value is -3.67. The summed E-state index contributed by atoms with van der Waals surface area (Å²) in [5, 5.41) is 4.27. The van der Waals surface area contributed by atoms with E-state index in [1.165, 1.54) is 86.8 Å². The molecule has 0 aromatic heterocycles. The predicted molar refractivity (Wildman–Crippen MR) is 263 cm³/mol. The van der Waals surface area contributed by atoms with E-state index in [9.17, 15) is 45.4 Å². The van der Waals surface area contributed by atoms with E-state index in [4.69, 9.17) is 19.0 Å². The number of amides is 7. The van der Waals surface area contributed by atoms with Crippen LogP contribution in [0, 0.1) is 0 Å². The van der Waals surface area contributed by atoms with E-state index in [0.29, 0.717) is 48.9 Å². The normalized spacial score (nSPS) is 23.9. The van der Waals surface area contributed by atoms with Gasteiger partial charge in [-0.05, 0) is 78.7 Å². The maximum absolute atomic E-state index is 12.6. The summed E-state index contributed by atoms with van der Waals surface area (Å²) in [6, 6.07) is -4.43.